The number of piperazine rings is 1. The van der Waals surface area contributed by atoms with Gasteiger partial charge < -0.3 is 29.9 Å². The molecule has 0 spiro atoms. The second kappa shape index (κ2) is 12.3. The number of aromatic amines is 1. The highest BCUT2D eigenvalue weighted by Gasteiger charge is 2.35. The zero-order valence-electron chi connectivity index (χ0n) is 24.5. The van der Waals surface area contributed by atoms with E-state index < -0.39 is 6.04 Å². The van der Waals surface area contributed by atoms with Gasteiger partial charge in [-0.05, 0) is 61.8 Å². The van der Waals surface area contributed by atoms with Crippen molar-refractivity contribution in [2.45, 2.75) is 18.9 Å². The number of H-pyrrole nitrogens is 1. The SMILES string of the molecule is CN(C)C[C@@H]1Cc2ccccc2N(C(=O)C(Cc2c[nH]c3ccccc23)NC(=O)N2CCN(c3ccccc3)CC2)C1. The van der Waals surface area contributed by atoms with Crippen LogP contribution in [0.15, 0.2) is 85.1 Å². The number of hydrogen-bond donors (Lipinski definition) is 2. The predicted octanol–water partition coefficient (Wildman–Crippen LogP) is 4.38. The summed E-state index contributed by atoms with van der Waals surface area (Å²) in [5.74, 6) is 0.252. The molecular formula is C34H40N6O2. The van der Waals surface area contributed by atoms with Gasteiger partial charge in [0.1, 0.15) is 6.04 Å². The lowest BCUT2D eigenvalue weighted by Gasteiger charge is -2.39. The lowest BCUT2D eigenvalue weighted by molar-refractivity contribution is -0.120. The number of aromatic nitrogens is 1. The number of carbonyl (C=O) groups excluding carboxylic acids is 2. The van der Waals surface area contributed by atoms with Crippen LogP contribution in [0.3, 0.4) is 0 Å². The van der Waals surface area contributed by atoms with Crippen LogP contribution in [0.25, 0.3) is 10.9 Å². The van der Waals surface area contributed by atoms with E-state index >= 15 is 0 Å². The minimum atomic E-state index is -0.699. The standard InChI is InChI=1S/C34H40N6O2/c1-37(2)23-25-20-26-10-6-9-15-32(26)40(24-25)33(41)31(21-27-22-35-30-14-8-7-13-29(27)30)36-34(42)39-18-16-38(17-19-39)28-11-4-3-5-12-28/h3-15,22,25,31,35H,16-21,23-24H2,1-2H3,(H,36,42)/t25-,31?/m0/s1. The Kier molecular flexibility index (Phi) is 8.15. The van der Waals surface area contributed by atoms with E-state index in [9.17, 15) is 9.59 Å². The molecule has 8 heteroatoms. The summed E-state index contributed by atoms with van der Waals surface area (Å²) in [5.41, 5.74) is 5.34. The Morgan fingerprint density at radius 3 is 2.43 bits per heavy atom. The summed E-state index contributed by atoms with van der Waals surface area (Å²) >= 11 is 0. The van der Waals surface area contributed by atoms with Gasteiger partial charge in [0, 0.05) is 74.2 Å². The number of benzene rings is 3. The number of hydrogen-bond acceptors (Lipinski definition) is 4. The van der Waals surface area contributed by atoms with Crippen LogP contribution in [0.5, 0.6) is 0 Å². The number of fused-ring (bicyclic) bond motifs is 2. The number of anilines is 2. The number of nitrogens with one attached hydrogen (secondary N) is 2. The van der Waals surface area contributed by atoms with Gasteiger partial charge >= 0.3 is 6.03 Å². The van der Waals surface area contributed by atoms with Crippen molar-refractivity contribution in [2.75, 3.05) is 63.2 Å². The lowest BCUT2D eigenvalue weighted by atomic mass is 9.91. The fraction of sp³-hybridized carbons (Fsp3) is 0.353. The molecule has 3 heterocycles. The van der Waals surface area contributed by atoms with E-state index in [4.69, 9.17) is 0 Å². The summed E-state index contributed by atoms with van der Waals surface area (Å²) in [5, 5.41) is 4.26. The van der Waals surface area contributed by atoms with Crippen molar-refractivity contribution in [3.8, 4) is 0 Å². The third-order valence-electron chi connectivity index (χ3n) is 8.50. The molecule has 0 aliphatic carbocycles. The molecular weight excluding hydrogens is 524 g/mol. The van der Waals surface area contributed by atoms with Crippen molar-refractivity contribution in [2.24, 2.45) is 5.92 Å². The molecule has 1 aromatic heterocycles. The monoisotopic (exact) mass is 564 g/mol. The molecule has 2 aliphatic heterocycles. The van der Waals surface area contributed by atoms with Gasteiger partial charge in [0.2, 0.25) is 5.91 Å². The van der Waals surface area contributed by atoms with Gasteiger partial charge in [0.25, 0.3) is 0 Å². The lowest BCUT2D eigenvalue weighted by Crippen LogP contribution is -2.58. The topological polar surface area (TPSA) is 74.9 Å². The third kappa shape index (κ3) is 5.99. The Hall–Kier alpha value is -4.30. The quantitative estimate of drug-likeness (QED) is 0.350. The first-order valence-corrected chi connectivity index (χ1v) is 14.9. The smallest absolute Gasteiger partial charge is 0.318 e. The molecule has 4 aromatic rings. The van der Waals surface area contributed by atoms with Crippen molar-refractivity contribution in [1.82, 2.24) is 20.1 Å². The molecule has 2 atom stereocenters. The summed E-state index contributed by atoms with van der Waals surface area (Å²) in [7, 11) is 4.15. The van der Waals surface area contributed by atoms with Crippen molar-refractivity contribution < 1.29 is 9.59 Å². The van der Waals surface area contributed by atoms with Gasteiger partial charge in [-0.2, -0.15) is 0 Å². The Labute approximate surface area is 247 Å². The van der Waals surface area contributed by atoms with Crippen LogP contribution >= 0.6 is 0 Å². The van der Waals surface area contributed by atoms with Crippen LogP contribution in [-0.2, 0) is 17.6 Å². The zero-order chi connectivity index (χ0) is 29.1. The number of rotatable bonds is 7. The largest absolute Gasteiger partial charge is 0.368 e. The molecule has 0 bridgehead atoms. The maximum absolute atomic E-state index is 14.5. The van der Waals surface area contributed by atoms with Crippen LogP contribution in [0, 0.1) is 5.92 Å². The Bertz CT molecular complexity index is 1530. The van der Waals surface area contributed by atoms with Gasteiger partial charge in [-0.3, -0.25) is 4.79 Å². The minimum absolute atomic E-state index is 0.0625. The maximum Gasteiger partial charge on any atom is 0.318 e. The second-order valence-electron chi connectivity index (χ2n) is 11.8. The maximum atomic E-state index is 14.5. The van der Waals surface area contributed by atoms with E-state index in [2.05, 4.69) is 58.5 Å². The first kappa shape index (κ1) is 27.8. The molecule has 1 fully saturated rings. The molecule has 2 N–H and O–H groups in total. The summed E-state index contributed by atoms with van der Waals surface area (Å²) in [6.45, 7) is 4.24. The van der Waals surface area contributed by atoms with Gasteiger partial charge in [-0.1, -0.05) is 54.6 Å². The number of amides is 3. The average Bonchev–Trinajstić information content (AvgIpc) is 3.43. The first-order valence-electron chi connectivity index (χ1n) is 14.9. The molecule has 1 saturated heterocycles. The van der Waals surface area contributed by atoms with Crippen LogP contribution in [-0.4, -0.2) is 86.1 Å². The van der Waals surface area contributed by atoms with Crippen molar-refractivity contribution in [3.63, 3.8) is 0 Å². The normalized spacial score (nSPS) is 17.8. The van der Waals surface area contributed by atoms with Crippen molar-refractivity contribution in [1.29, 1.82) is 0 Å². The van der Waals surface area contributed by atoms with Crippen LogP contribution in [0.1, 0.15) is 11.1 Å². The molecule has 2 aliphatic rings. The molecule has 0 saturated carbocycles. The van der Waals surface area contributed by atoms with Crippen molar-refractivity contribution >= 4 is 34.2 Å². The predicted molar refractivity (Wildman–Crippen MR) is 169 cm³/mol. The van der Waals surface area contributed by atoms with Gasteiger partial charge in [-0.15, -0.1) is 0 Å². The van der Waals surface area contributed by atoms with Crippen molar-refractivity contribution in [3.05, 3.63) is 96.2 Å². The van der Waals surface area contributed by atoms with Crippen LogP contribution < -0.4 is 15.1 Å². The Morgan fingerprint density at radius 1 is 0.929 bits per heavy atom. The van der Waals surface area contributed by atoms with Crippen LogP contribution in [0.2, 0.25) is 0 Å². The van der Waals surface area contributed by atoms with E-state index in [1.807, 2.05) is 70.6 Å². The summed E-state index contributed by atoms with van der Waals surface area (Å²) < 4.78 is 0. The van der Waals surface area contributed by atoms with Gasteiger partial charge in [-0.25, -0.2) is 4.79 Å². The van der Waals surface area contributed by atoms with E-state index in [1.165, 1.54) is 11.3 Å². The van der Waals surface area contributed by atoms with E-state index in [1.54, 1.807) is 0 Å². The molecule has 6 rings (SSSR count). The summed E-state index contributed by atoms with van der Waals surface area (Å²) in [6, 6.07) is 25.7. The average molecular weight is 565 g/mol. The summed E-state index contributed by atoms with van der Waals surface area (Å²) in [6.07, 6.45) is 3.31. The molecule has 8 nitrogen and oxygen atoms in total. The summed E-state index contributed by atoms with van der Waals surface area (Å²) in [4.78, 5) is 39.7. The molecule has 218 valence electrons. The number of urea groups is 1. The zero-order valence-corrected chi connectivity index (χ0v) is 24.5. The number of para-hydroxylation sites is 3. The Balaban J connectivity index is 1.24. The first-order chi connectivity index (χ1) is 20.5. The molecule has 3 aromatic carbocycles. The number of carbonyl (C=O) groups is 2. The van der Waals surface area contributed by atoms with Gasteiger partial charge in [0.05, 0.1) is 0 Å². The Morgan fingerprint density at radius 2 is 1.64 bits per heavy atom. The highest BCUT2D eigenvalue weighted by molar-refractivity contribution is 6.00. The fourth-order valence-corrected chi connectivity index (χ4v) is 6.48. The van der Waals surface area contributed by atoms with Crippen LogP contribution in [0.4, 0.5) is 16.2 Å². The molecule has 3 amide bonds. The van der Waals surface area contributed by atoms with E-state index in [0.717, 1.165) is 48.2 Å². The minimum Gasteiger partial charge on any atom is -0.368 e. The molecule has 1 unspecified atom stereocenters. The highest BCUT2D eigenvalue weighted by atomic mass is 16.2. The highest BCUT2D eigenvalue weighted by Crippen LogP contribution is 2.31. The van der Waals surface area contributed by atoms with Gasteiger partial charge in [0.15, 0.2) is 0 Å². The molecule has 42 heavy (non-hydrogen) atoms. The number of nitrogens with zero attached hydrogens (tertiary/aromatic N) is 4. The fourth-order valence-electron chi connectivity index (χ4n) is 6.48. The second-order valence-corrected chi connectivity index (χ2v) is 11.8. The third-order valence-corrected chi connectivity index (χ3v) is 8.50. The van der Waals surface area contributed by atoms with E-state index in [-0.39, 0.29) is 11.9 Å². The van der Waals surface area contributed by atoms with E-state index in [0.29, 0.717) is 32.0 Å². The molecule has 0 radical (unpaired) electrons.